The number of benzene rings is 2. The summed E-state index contributed by atoms with van der Waals surface area (Å²) >= 11 is 0. The Morgan fingerprint density at radius 3 is 2.69 bits per heavy atom. The highest BCUT2D eigenvalue weighted by Crippen LogP contribution is 2.64. The Morgan fingerprint density at radius 2 is 1.89 bits per heavy atom. The van der Waals surface area contributed by atoms with Crippen LogP contribution in [0.4, 0.5) is 0 Å². The molecule has 2 saturated carbocycles. The van der Waals surface area contributed by atoms with Crippen molar-refractivity contribution in [3.05, 3.63) is 59.2 Å². The normalized spacial score (nSPS) is 35.5. The van der Waals surface area contributed by atoms with Gasteiger partial charge in [0.15, 0.2) is 0 Å². The Kier molecular flexibility index (Phi) is 6.79. The van der Waals surface area contributed by atoms with Crippen LogP contribution in [0.1, 0.15) is 87.8 Å². The van der Waals surface area contributed by atoms with Crippen molar-refractivity contribution in [2.75, 3.05) is 13.2 Å². The van der Waals surface area contributed by atoms with Crippen LogP contribution in [-0.4, -0.2) is 24.3 Å². The Labute approximate surface area is 218 Å². The van der Waals surface area contributed by atoms with Crippen LogP contribution in [0, 0.1) is 29.1 Å². The minimum absolute atomic E-state index is 0.428. The topological polar surface area (TPSA) is 41.5 Å². The van der Waals surface area contributed by atoms with Crippen LogP contribution in [0.2, 0.25) is 0 Å². The maximum atomic E-state index is 10.0. The first kappa shape index (κ1) is 24.3. The summed E-state index contributed by atoms with van der Waals surface area (Å²) in [5.41, 5.74) is 4.80. The van der Waals surface area contributed by atoms with Gasteiger partial charge in [-0.15, -0.1) is 0 Å². The summed E-state index contributed by atoms with van der Waals surface area (Å²) < 4.78 is 6.28. The van der Waals surface area contributed by atoms with Crippen molar-refractivity contribution in [3.63, 3.8) is 0 Å². The molecule has 2 aromatic carbocycles. The van der Waals surface area contributed by atoms with Gasteiger partial charge in [-0.2, -0.15) is 0 Å². The molecule has 0 aromatic heterocycles. The summed E-state index contributed by atoms with van der Waals surface area (Å²) in [6.45, 7) is 7.09. The number of hydrogen-bond acceptors (Lipinski definition) is 3. The molecule has 2 N–H and O–H groups in total. The molecule has 194 valence electrons. The Balaban J connectivity index is 1.06. The predicted molar refractivity (Wildman–Crippen MR) is 147 cm³/mol. The molecule has 0 amide bonds. The number of ether oxygens (including phenoxy) is 1. The molecule has 3 aliphatic carbocycles. The van der Waals surface area contributed by atoms with Crippen molar-refractivity contribution in [2.24, 2.45) is 29.1 Å². The number of nitrogens with one attached hydrogen (secondary N) is 1. The highest BCUT2D eigenvalue weighted by Gasteiger charge is 2.55. The first-order valence-corrected chi connectivity index (χ1v) is 14.8. The molecule has 0 radical (unpaired) electrons. The van der Waals surface area contributed by atoms with E-state index in [1.54, 1.807) is 0 Å². The van der Waals surface area contributed by atoms with Crippen LogP contribution in [-0.2, 0) is 12.8 Å². The van der Waals surface area contributed by atoms with Crippen LogP contribution in [0.3, 0.4) is 0 Å². The number of aromatic hydroxyl groups is 1. The quantitative estimate of drug-likeness (QED) is 0.450. The lowest BCUT2D eigenvalue weighted by Crippen LogP contribution is -2.45. The molecule has 3 nitrogen and oxygen atoms in total. The number of piperidine rings is 1. The predicted octanol–water partition coefficient (Wildman–Crippen LogP) is 7.26. The van der Waals surface area contributed by atoms with Crippen LogP contribution in [0.5, 0.6) is 11.5 Å². The zero-order valence-electron chi connectivity index (χ0n) is 22.3. The van der Waals surface area contributed by atoms with Gasteiger partial charge in [0, 0.05) is 6.04 Å². The highest BCUT2D eigenvalue weighted by molar-refractivity contribution is 5.40. The summed E-state index contributed by atoms with van der Waals surface area (Å²) in [6, 6.07) is 15.7. The molecule has 1 saturated heterocycles. The molecule has 7 atom stereocenters. The fourth-order valence-corrected chi connectivity index (χ4v) is 8.97. The van der Waals surface area contributed by atoms with Gasteiger partial charge >= 0.3 is 0 Å². The lowest BCUT2D eigenvalue weighted by molar-refractivity contribution is 0.000918. The molecule has 0 spiro atoms. The third-order valence-corrected chi connectivity index (χ3v) is 10.8. The number of hydrogen-bond donors (Lipinski definition) is 2. The van der Waals surface area contributed by atoms with E-state index in [1.165, 1.54) is 74.6 Å². The number of phenols is 1. The SMILES string of the molecule is C[C@@H]1Cc2cc(O)ccc2C2CCC3(C)C(CC[C@@H]3CCOc3ccc(CC4CCCCN4)cc3)C21. The summed E-state index contributed by atoms with van der Waals surface area (Å²) in [7, 11) is 0. The van der Waals surface area contributed by atoms with Gasteiger partial charge < -0.3 is 15.2 Å². The third-order valence-electron chi connectivity index (χ3n) is 10.8. The number of phenolic OH excluding ortho intramolecular Hbond substituents is 1. The monoisotopic (exact) mass is 487 g/mol. The molecular formula is C33H45NO2. The second-order valence-corrected chi connectivity index (χ2v) is 12.8. The Morgan fingerprint density at radius 1 is 1.03 bits per heavy atom. The van der Waals surface area contributed by atoms with Crippen molar-refractivity contribution in [1.29, 1.82) is 0 Å². The van der Waals surface area contributed by atoms with Gasteiger partial charge in [-0.05, 0) is 140 Å². The van der Waals surface area contributed by atoms with E-state index >= 15 is 0 Å². The van der Waals surface area contributed by atoms with Gasteiger partial charge in [0.2, 0.25) is 0 Å². The zero-order chi connectivity index (χ0) is 24.7. The fourth-order valence-electron chi connectivity index (χ4n) is 8.97. The molecule has 3 fully saturated rings. The van der Waals surface area contributed by atoms with Gasteiger partial charge in [-0.1, -0.05) is 38.5 Å². The third kappa shape index (κ3) is 4.57. The average Bonchev–Trinajstić information content (AvgIpc) is 3.21. The standard InChI is InChI=1S/C33H45NO2/c1-22-19-24-21-27(35)9-12-29(24)30-14-16-33(2)25(8-13-31(33)32(22)30)15-18-36-28-10-6-23(7-11-28)20-26-5-3-4-17-34-26/h6-7,9-12,21-22,25-26,30-32,34-35H,3-5,8,13-20H2,1-2H3/t22-,25-,26?,30?,31?,32?,33?/m1/s1. The molecule has 0 bridgehead atoms. The van der Waals surface area contributed by atoms with Crippen molar-refractivity contribution < 1.29 is 9.84 Å². The second kappa shape index (κ2) is 10.0. The summed E-state index contributed by atoms with van der Waals surface area (Å²) in [4.78, 5) is 0. The minimum atomic E-state index is 0.428. The molecule has 1 aliphatic heterocycles. The van der Waals surface area contributed by atoms with Crippen molar-refractivity contribution in [1.82, 2.24) is 5.32 Å². The molecule has 36 heavy (non-hydrogen) atoms. The highest BCUT2D eigenvalue weighted by atomic mass is 16.5. The van der Waals surface area contributed by atoms with E-state index in [-0.39, 0.29) is 0 Å². The van der Waals surface area contributed by atoms with Gasteiger partial charge in [-0.25, -0.2) is 0 Å². The summed E-state index contributed by atoms with van der Waals surface area (Å²) in [5.74, 6) is 5.22. The lowest BCUT2D eigenvalue weighted by atomic mass is 9.51. The van der Waals surface area contributed by atoms with E-state index in [1.807, 2.05) is 12.1 Å². The smallest absolute Gasteiger partial charge is 0.119 e. The van der Waals surface area contributed by atoms with Gasteiger partial charge in [0.05, 0.1) is 6.61 Å². The lowest BCUT2D eigenvalue weighted by Gasteiger charge is -2.53. The van der Waals surface area contributed by atoms with Crippen molar-refractivity contribution >= 4 is 0 Å². The first-order valence-electron chi connectivity index (χ1n) is 14.8. The van der Waals surface area contributed by atoms with Crippen LogP contribution < -0.4 is 10.1 Å². The maximum Gasteiger partial charge on any atom is 0.119 e. The molecule has 2 aromatic rings. The Bertz CT molecular complexity index is 1040. The molecule has 4 aliphatic rings. The second-order valence-electron chi connectivity index (χ2n) is 12.8. The van der Waals surface area contributed by atoms with E-state index in [0.29, 0.717) is 29.0 Å². The Hall–Kier alpha value is -2.00. The van der Waals surface area contributed by atoms with Crippen LogP contribution in [0.25, 0.3) is 0 Å². The summed E-state index contributed by atoms with van der Waals surface area (Å²) in [6.07, 6.45) is 12.8. The minimum Gasteiger partial charge on any atom is -0.508 e. The maximum absolute atomic E-state index is 10.0. The van der Waals surface area contributed by atoms with Crippen molar-refractivity contribution in [2.45, 2.75) is 90.0 Å². The van der Waals surface area contributed by atoms with E-state index in [2.05, 4.69) is 49.5 Å². The van der Waals surface area contributed by atoms with E-state index in [4.69, 9.17) is 4.74 Å². The number of fused-ring (bicyclic) bond motifs is 5. The molecule has 3 heteroatoms. The molecular weight excluding hydrogens is 442 g/mol. The largest absolute Gasteiger partial charge is 0.508 e. The van der Waals surface area contributed by atoms with E-state index in [9.17, 15) is 5.11 Å². The first-order chi connectivity index (χ1) is 17.5. The fraction of sp³-hybridized carbons (Fsp3) is 0.636. The van der Waals surface area contributed by atoms with Gasteiger partial charge in [-0.3, -0.25) is 0 Å². The van der Waals surface area contributed by atoms with Crippen molar-refractivity contribution in [3.8, 4) is 11.5 Å². The molecule has 5 unspecified atom stereocenters. The van der Waals surface area contributed by atoms with Gasteiger partial charge in [0.1, 0.15) is 11.5 Å². The molecule has 6 rings (SSSR count). The van der Waals surface area contributed by atoms with Gasteiger partial charge in [0.25, 0.3) is 0 Å². The average molecular weight is 488 g/mol. The summed E-state index contributed by atoms with van der Waals surface area (Å²) in [5, 5.41) is 13.7. The van der Waals surface area contributed by atoms with Crippen LogP contribution >= 0.6 is 0 Å². The number of rotatable bonds is 6. The van der Waals surface area contributed by atoms with E-state index < -0.39 is 0 Å². The van der Waals surface area contributed by atoms with Crippen LogP contribution in [0.15, 0.2) is 42.5 Å². The zero-order valence-corrected chi connectivity index (χ0v) is 22.3. The van der Waals surface area contributed by atoms with E-state index in [0.717, 1.165) is 43.0 Å². The molecule has 1 heterocycles.